The van der Waals surface area contributed by atoms with E-state index < -0.39 is 0 Å². The van der Waals surface area contributed by atoms with Crippen molar-refractivity contribution in [3.8, 4) is 5.75 Å². The Morgan fingerprint density at radius 2 is 2.10 bits per heavy atom. The first-order valence-electron chi connectivity index (χ1n) is 7.33. The van der Waals surface area contributed by atoms with Crippen LogP contribution in [-0.4, -0.2) is 19.1 Å². The van der Waals surface area contributed by atoms with E-state index in [1.165, 1.54) is 19.3 Å². The van der Waals surface area contributed by atoms with Gasteiger partial charge in [-0.15, -0.1) is 0 Å². The van der Waals surface area contributed by atoms with E-state index in [9.17, 15) is 4.79 Å². The van der Waals surface area contributed by atoms with Gasteiger partial charge < -0.3 is 10.1 Å². The summed E-state index contributed by atoms with van der Waals surface area (Å²) in [6.45, 7) is 3.00. The number of hydrogen-bond acceptors (Lipinski definition) is 2. The quantitative estimate of drug-likeness (QED) is 0.841. The second kappa shape index (κ2) is 7.53. The van der Waals surface area contributed by atoms with Crippen molar-refractivity contribution >= 4 is 17.5 Å². The molecular formula is C16H22ClNO2. The van der Waals surface area contributed by atoms with E-state index in [0.29, 0.717) is 18.2 Å². The predicted molar refractivity (Wildman–Crippen MR) is 81.3 cm³/mol. The minimum Gasteiger partial charge on any atom is -0.491 e. The Hall–Kier alpha value is -1.22. The number of nitrogens with one attached hydrogen (secondary N) is 1. The van der Waals surface area contributed by atoms with Crippen molar-refractivity contribution in [2.24, 2.45) is 5.92 Å². The molecule has 1 aromatic carbocycles. The van der Waals surface area contributed by atoms with E-state index in [-0.39, 0.29) is 11.8 Å². The predicted octanol–water partition coefficient (Wildman–Crippen LogP) is 3.72. The van der Waals surface area contributed by atoms with Crippen LogP contribution < -0.4 is 10.1 Å². The molecule has 0 radical (unpaired) electrons. The third-order valence-corrected chi connectivity index (χ3v) is 4.01. The topological polar surface area (TPSA) is 38.3 Å². The molecule has 0 spiro atoms. The molecule has 2 rings (SSSR count). The van der Waals surface area contributed by atoms with Gasteiger partial charge in [-0.1, -0.05) is 30.9 Å². The maximum atomic E-state index is 11.9. The third-order valence-electron chi connectivity index (χ3n) is 3.77. The number of benzene rings is 1. The van der Waals surface area contributed by atoms with Crippen molar-refractivity contribution in [2.45, 2.75) is 39.0 Å². The van der Waals surface area contributed by atoms with Crippen LogP contribution in [0.15, 0.2) is 18.2 Å². The van der Waals surface area contributed by atoms with Gasteiger partial charge in [0.1, 0.15) is 12.4 Å². The first-order valence-corrected chi connectivity index (χ1v) is 7.71. The Morgan fingerprint density at radius 3 is 2.80 bits per heavy atom. The van der Waals surface area contributed by atoms with Crippen LogP contribution in [0.3, 0.4) is 0 Å². The van der Waals surface area contributed by atoms with Crippen molar-refractivity contribution in [3.05, 3.63) is 28.8 Å². The largest absolute Gasteiger partial charge is 0.491 e. The van der Waals surface area contributed by atoms with Crippen LogP contribution in [0.1, 0.15) is 37.7 Å². The Morgan fingerprint density at radius 1 is 1.35 bits per heavy atom. The zero-order valence-electron chi connectivity index (χ0n) is 12.0. The summed E-state index contributed by atoms with van der Waals surface area (Å²) >= 11 is 5.89. The van der Waals surface area contributed by atoms with Crippen LogP contribution in [0.25, 0.3) is 0 Å². The first kappa shape index (κ1) is 15.2. The van der Waals surface area contributed by atoms with Gasteiger partial charge in [-0.3, -0.25) is 4.79 Å². The molecule has 0 atom stereocenters. The molecule has 1 N–H and O–H groups in total. The monoisotopic (exact) mass is 295 g/mol. The molecule has 20 heavy (non-hydrogen) atoms. The lowest BCUT2D eigenvalue weighted by Crippen LogP contribution is -2.34. The van der Waals surface area contributed by atoms with E-state index in [1.54, 1.807) is 0 Å². The van der Waals surface area contributed by atoms with Gasteiger partial charge in [0.05, 0.1) is 6.54 Å². The molecular weight excluding hydrogens is 274 g/mol. The highest BCUT2D eigenvalue weighted by atomic mass is 35.5. The van der Waals surface area contributed by atoms with Crippen molar-refractivity contribution in [1.29, 1.82) is 0 Å². The third kappa shape index (κ3) is 4.41. The Kier molecular flexibility index (Phi) is 5.72. The zero-order chi connectivity index (χ0) is 14.4. The molecule has 1 amide bonds. The molecule has 110 valence electrons. The van der Waals surface area contributed by atoms with E-state index in [4.69, 9.17) is 16.3 Å². The van der Waals surface area contributed by atoms with Gasteiger partial charge in [0.15, 0.2) is 0 Å². The SMILES string of the molecule is Cc1cc(Cl)ccc1OCCNC(=O)C1CCCCC1. The fourth-order valence-corrected chi connectivity index (χ4v) is 2.85. The number of aryl methyl sites for hydroxylation is 1. The van der Waals surface area contributed by atoms with Crippen molar-refractivity contribution in [2.75, 3.05) is 13.2 Å². The van der Waals surface area contributed by atoms with Crippen molar-refractivity contribution in [1.82, 2.24) is 5.32 Å². The molecule has 0 bridgehead atoms. The lowest BCUT2D eigenvalue weighted by Gasteiger charge is -2.20. The maximum absolute atomic E-state index is 11.9. The van der Waals surface area contributed by atoms with Gasteiger partial charge >= 0.3 is 0 Å². The summed E-state index contributed by atoms with van der Waals surface area (Å²) in [5.41, 5.74) is 1.01. The van der Waals surface area contributed by atoms with Gasteiger partial charge in [0.25, 0.3) is 0 Å². The minimum absolute atomic E-state index is 0.182. The van der Waals surface area contributed by atoms with Crippen molar-refractivity contribution < 1.29 is 9.53 Å². The highest BCUT2D eigenvalue weighted by Crippen LogP contribution is 2.23. The molecule has 0 heterocycles. The number of amides is 1. The number of ether oxygens (including phenoxy) is 1. The van der Waals surface area contributed by atoms with Crippen LogP contribution in [0.2, 0.25) is 5.02 Å². The lowest BCUT2D eigenvalue weighted by atomic mass is 9.89. The average Bonchev–Trinajstić information content (AvgIpc) is 2.46. The van der Waals surface area contributed by atoms with Crippen LogP contribution in [-0.2, 0) is 4.79 Å². The van der Waals surface area contributed by atoms with Gasteiger partial charge in [-0.2, -0.15) is 0 Å². The number of hydrogen-bond donors (Lipinski definition) is 1. The molecule has 1 fully saturated rings. The second-order valence-electron chi connectivity index (χ2n) is 5.38. The smallest absolute Gasteiger partial charge is 0.223 e. The van der Waals surface area contributed by atoms with E-state index in [1.807, 2.05) is 25.1 Å². The lowest BCUT2D eigenvalue weighted by molar-refractivity contribution is -0.126. The van der Waals surface area contributed by atoms with Gasteiger partial charge in [0, 0.05) is 10.9 Å². The van der Waals surface area contributed by atoms with E-state index in [0.717, 1.165) is 24.2 Å². The highest BCUT2D eigenvalue weighted by Gasteiger charge is 2.20. The summed E-state index contributed by atoms with van der Waals surface area (Å²) in [4.78, 5) is 11.9. The standard InChI is InChI=1S/C16H22ClNO2/c1-12-11-14(17)7-8-15(12)20-10-9-18-16(19)13-5-3-2-4-6-13/h7-8,11,13H,2-6,9-10H2,1H3,(H,18,19). The molecule has 0 aromatic heterocycles. The highest BCUT2D eigenvalue weighted by molar-refractivity contribution is 6.30. The van der Waals surface area contributed by atoms with Crippen LogP contribution in [0, 0.1) is 12.8 Å². The fourth-order valence-electron chi connectivity index (χ4n) is 2.62. The van der Waals surface area contributed by atoms with Crippen LogP contribution >= 0.6 is 11.6 Å². The molecule has 1 aliphatic rings. The minimum atomic E-state index is 0.182. The van der Waals surface area contributed by atoms with Gasteiger partial charge in [-0.05, 0) is 43.5 Å². The number of carbonyl (C=O) groups excluding carboxylic acids is 1. The van der Waals surface area contributed by atoms with Crippen LogP contribution in [0.4, 0.5) is 0 Å². The molecule has 1 saturated carbocycles. The molecule has 3 nitrogen and oxygen atoms in total. The Bertz CT molecular complexity index is 456. The zero-order valence-corrected chi connectivity index (χ0v) is 12.7. The van der Waals surface area contributed by atoms with Crippen molar-refractivity contribution in [3.63, 3.8) is 0 Å². The second-order valence-corrected chi connectivity index (χ2v) is 5.82. The number of rotatable bonds is 5. The molecule has 4 heteroatoms. The molecule has 0 saturated heterocycles. The summed E-state index contributed by atoms with van der Waals surface area (Å²) in [5.74, 6) is 1.21. The molecule has 1 aliphatic carbocycles. The Balaban J connectivity index is 1.69. The maximum Gasteiger partial charge on any atom is 0.223 e. The summed E-state index contributed by atoms with van der Waals surface area (Å²) in [5, 5.41) is 3.67. The van der Waals surface area contributed by atoms with Gasteiger partial charge in [0.2, 0.25) is 5.91 Å². The average molecular weight is 296 g/mol. The number of carbonyl (C=O) groups is 1. The fraction of sp³-hybridized carbons (Fsp3) is 0.562. The molecule has 0 unspecified atom stereocenters. The first-order chi connectivity index (χ1) is 9.66. The Labute approximate surface area is 125 Å². The summed E-state index contributed by atoms with van der Waals surface area (Å²) in [6, 6.07) is 5.54. The van der Waals surface area contributed by atoms with Crippen LogP contribution in [0.5, 0.6) is 5.75 Å². The van der Waals surface area contributed by atoms with E-state index >= 15 is 0 Å². The summed E-state index contributed by atoms with van der Waals surface area (Å²) in [6.07, 6.45) is 5.69. The van der Waals surface area contributed by atoms with E-state index in [2.05, 4.69) is 5.32 Å². The van der Waals surface area contributed by atoms with Gasteiger partial charge in [-0.25, -0.2) is 0 Å². The normalized spacial score (nSPS) is 15.9. The number of halogens is 1. The summed E-state index contributed by atoms with van der Waals surface area (Å²) < 4.78 is 5.66. The molecule has 1 aromatic rings. The molecule has 0 aliphatic heterocycles. The summed E-state index contributed by atoms with van der Waals surface area (Å²) in [7, 11) is 0.